The fourth-order valence-corrected chi connectivity index (χ4v) is 2.23. The molecule has 0 fully saturated rings. The average Bonchev–Trinajstić information content (AvgIpc) is 2.40. The molecule has 0 aromatic heterocycles. The fraction of sp³-hybridized carbons (Fsp3) is 0.600. The van der Waals surface area contributed by atoms with E-state index < -0.39 is 11.6 Å². The van der Waals surface area contributed by atoms with Gasteiger partial charge in [-0.25, -0.2) is 8.78 Å². The van der Waals surface area contributed by atoms with Gasteiger partial charge in [-0.15, -0.1) is 0 Å². The van der Waals surface area contributed by atoms with Crippen LogP contribution in [0.3, 0.4) is 0 Å². The second kappa shape index (κ2) is 8.23. The van der Waals surface area contributed by atoms with Gasteiger partial charge in [0.15, 0.2) is 0 Å². The van der Waals surface area contributed by atoms with E-state index in [0.717, 1.165) is 19.4 Å². The summed E-state index contributed by atoms with van der Waals surface area (Å²) in [5.74, 6) is -0.983. The van der Waals surface area contributed by atoms with Crippen molar-refractivity contribution in [2.75, 3.05) is 13.7 Å². The van der Waals surface area contributed by atoms with E-state index in [1.165, 1.54) is 18.2 Å². The molecule has 1 rings (SSSR count). The van der Waals surface area contributed by atoms with Gasteiger partial charge in [0.25, 0.3) is 0 Å². The maximum atomic E-state index is 13.7. The van der Waals surface area contributed by atoms with Gasteiger partial charge in [-0.1, -0.05) is 19.9 Å². The lowest BCUT2D eigenvalue weighted by atomic mass is 9.98. The van der Waals surface area contributed by atoms with Crippen molar-refractivity contribution >= 4 is 0 Å². The van der Waals surface area contributed by atoms with Crippen LogP contribution < -0.4 is 5.32 Å². The molecule has 0 radical (unpaired) electrons. The van der Waals surface area contributed by atoms with Gasteiger partial charge in [0.1, 0.15) is 11.6 Å². The van der Waals surface area contributed by atoms with E-state index in [9.17, 15) is 8.78 Å². The van der Waals surface area contributed by atoms with Crippen LogP contribution in [0.25, 0.3) is 0 Å². The van der Waals surface area contributed by atoms with Gasteiger partial charge < -0.3 is 10.1 Å². The van der Waals surface area contributed by atoms with Crippen molar-refractivity contribution in [3.63, 3.8) is 0 Å². The van der Waals surface area contributed by atoms with Gasteiger partial charge in [0.05, 0.1) is 6.10 Å². The number of benzene rings is 1. The Labute approximate surface area is 114 Å². The summed E-state index contributed by atoms with van der Waals surface area (Å²) in [4.78, 5) is 0. The van der Waals surface area contributed by atoms with Gasteiger partial charge in [-0.2, -0.15) is 0 Å². The van der Waals surface area contributed by atoms with E-state index in [2.05, 4.69) is 12.2 Å². The highest BCUT2D eigenvalue weighted by Crippen LogP contribution is 2.17. The van der Waals surface area contributed by atoms with Crippen LogP contribution in [0.1, 0.15) is 32.3 Å². The van der Waals surface area contributed by atoms with Crippen LogP contribution in [0, 0.1) is 11.6 Å². The minimum absolute atomic E-state index is 0.0504. The third-order valence-corrected chi connectivity index (χ3v) is 3.30. The zero-order chi connectivity index (χ0) is 14.3. The van der Waals surface area contributed by atoms with Gasteiger partial charge >= 0.3 is 0 Å². The number of ether oxygens (including phenoxy) is 1. The van der Waals surface area contributed by atoms with E-state index in [4.69, 9.17) is 4.74 Å². The Morgan fingerprint density at radius 2 is 1.84 bits per heavy atom. The summed E-state index contributed by atoms with van der Waals surface area (Å²) in [5.41, 5.74) is 0.131. The predicted molar refractivity (Wildman–Crippen MR) is 73.2 cm³/mol. The molecule has 4 heteroatoms. The molecule has 0 bridgehead atoms. The third kappa shape index (κ3) is 4.55. The number of hydrogen-bond acceptors (Lipinski definition) is 2. The molecule has 0 aliphatic rings. The minimum atomic E-state index is -0.491. The molecular formula is C15H23F2NO. The van der Waals surface area contributed by atoms with Crippen LogP contribution >= 0.6 is 0 Å². The molecule has 0 aliphatic carbocycles. The number of rotatable bonds is 8. The molecule has 2 unspecified atom stereocenters. The van der Waals surface area contributed by atoms with Crippen molar-refractivity contribution in [1.82, 2.24) is 5.32 Å². The van der Waals surface area contributed by atoms with Crippen LogP contribution in [0.2, 0.25) is 0 Å². The molecule has 108 valence electrons. The Bertz CT molecular complexity index is 360. The lowest BCUT2D eigenvalue weighted by Crippen LogP contribution is -2.43. The van der Waals surface area contributed by atoms with Crippen molar-refractivity contribution in [3.8, 4) is 0 Å². The lowest BCUT2D eigenvalue weighted by molar-refractivity contribution is 0.0648. The Balaban J connectivity index is 2.86. The first kappa shape index (κ1) is 16.1. The van der Waals surface area contributed by atoms with Crippen LogP contribution in [-0.2, 0) is 11.2 Å². The summed E-state index contributed by atoms with van der Waals surface area (Å²) in [6.45, 7) is 4.87. The molecule has 2 nitrogen and oxygen atoms in total. The van der Waals surface area contributed by atoms with Crippen molar-refractivity contribution in [2.24, 2.45) is 0 Å². The normalized spacial score (nSPS) is 14.4. The summed E-state index contributed by atoms with van der Waals surface area (Å²) in [6.07, 6.45) is 2.01. The van der Waals surface area contributed by atoms with E-state index >= 15 is 0 Å². The highest BCUT2D eigenvalue weighted by atomic mass is 19.1. The standard InChI is InChI=1S/C15H23F2NO/c1-4-9-18-14(15(5-2)19-3)10-11-12(16)7-6-8-13(11)17/h6-8,14-15,18H,4-5,9-10H2,1-3H3. The Kier molecular flexibility index (Phi) is 6.95. The first-order valence-corrected chi connectivity index (χ1v) is 6.83. The predicted octanol–water partition coefficient (Wildman–Crippen LogP) is 3.30. The number of methoxy groups -OCH3 is 1. The fourth-order valence-electron chi connectivity index (χ4n) is 2.23. The van der Waals surface area contributed by atoms with Crippen molar-refractivity contribution < 1.29 is 13.5 Å². The summed E-state index contributed by atoms with van der Waals surface area (Å²) in [5, 5.41) is 3.32. The van der Waals surface area contributed by atoms with Gasteiger partial charge in [-0.05, 0) is 37.9 Å². The lowest BCUT2D eigenvalue weighted by Gasteiger charge is -2.26. The Morgan fingerprint density at radius 3 is 2.32 bits per heavy atom. The third-order valence-electron chi connectivity index (χ3n) is 3.30. The van der Waals surface area contributed by atoms with Gasteiger partial charge in [0.2, 0.25) is 0 Å². The molecule has 0 aliphatic heterocycles. The topological polar surface area (TPSA) is 21.3 Å². The van der Waals surface area contributed by atoms with Crippen LogP contribution in [0.5, 0.6) is 0 Å². The molecule has 2 atom stereocenters. The monoisotopic (exact) mass is 271 g/mol. The van der Waals surface area contributed by atoms with Crippen LogP contribution in [0.4, 0.5) is 8.78 Å². The SMILES string of the molecule is CCCNC(Cc1c(F)cccc1F)C(CC)OC. The molecule has 1 aromatic rings. The average molecular weight is 271 g/mol. The highest BCUT2D eigenvalue weighted by molar-refractivity contribution is 5.21. The molecule has 19 heavy (non-hydrogen) atoms. The van der Waals surface area contributed by atoms with Crippen molar-refractivity contribution in [2.45, 2.75) is 45.3 Å². The molecule has 0 heterocycles. The zero-order valence-electron chi connectivity index (χ0n) is 11.9. The van der Waals surface area contributed by atoms with E-state index in [1.54, 1.807) is 7.11 Å². The van der Waals surface area contributed by atoms with E-state index in [1.807, 2.05) is 6.92 Å². The molecule has 0 amide bonds. The maximum absolute atomic E-state index is 13.7. The van der Waals surface area contributed by atoms with E-state index in [0.29, 0.717) is 6.42 Å². The number of hydrogen-bond donors (Lipinski definition) is 1. The molecule has 0 saturated heterocycles. The quantitative estimate of drug-likeness (QED) is 0.783. The van der Waals surface area contributed by atoms with Crippen molar-refractivity contribution in [1.29, 1.82) is 0 Å². The number of nitrogens with one attached hydrogen (secondary N) is 1. The second-order valence-electron chi connectivity index (χ2n) is 4.65. The van der Waals surface area contributed by atoms with Crippen molar-refractivity contribution in [3.05, 3.63) is 35.4 Å². The molecule has 1 aromatic carbocycles. The van der Waals surface area contributed by atoms with Gasteiger partial charge in [-0.3, -0.25) is 0 Å². The highest BCUT2D eigenvalue weighted by Gasteiger charge is 2.22. The molecule has 0 spiro atoms. The minimum Gasteiger partial charge on any atom is -0.380 e. The largest absolute Gasteiger partial charge is 0.380 e. The zero-order valence-corrected chi connectivity index (χ0v) is 11.9. The summed E-state index contributed by atoms with van der Waals surface area (Å²) < 4.78 is 32.8. The number of halogens is 2. The van der Waals surface area contributed by atoms with Crippen LogP contribution in [-0.4, -0.2) is 25.8 Å². The summed E-state index contributed by atoms with van der Waals surface area (Å²) >= 11 is 0. The smallest absolute Gasteiger partial charge is 0.129 e. The van der Waals surface area contributed by atoms with Crippen LogP contribution in [0.15, 0.2) is 18.2 Å². The molecule has 1 N–H and O–H groups in total. The second-order valence-corrected chi connectivity index (χ2v) is 4.65. The summed E-state index contributed by atoms with van der Waals surface area (Å²) in [7, 11) is 1.63. The first-order valence-electron chi connectivity index (χ1n) is 6.83. The summed E-state index contributed by atoms with van der Waals surface area (Å²) in [6, 6.07) is 3.89. The Morgan fingerprint density at radius 1 is 1.21 bits per heavy atom. The first-order chi connectivity index (χ1) is 9.13. The van der Waals surface area contributed by atoms with Gasteiger partial charge in [0, 0.05) is 18.7 Å². The molecular weight excluding hydrogens is 248 g/mol. The molecule has 0 saturated carbocycles. The maximum Gasteiger partial charge on any atom is 0.129 e. The Hall–Kier alpha value is -1.00. The van der Waals surface area contributed by atoms with E-state index in [-0.39, 0.29) is 17.7 Å².